The number of carbonyl (C=O) groups is 1. The lowest BCUT2D eigenvalue weighted by Gasteiger charge is -2.00. The van der Waals surface area contributed by atoms with Crippen LogP contribution < -0.4 is 0 Å². The van der Waals surface area contributed by atoms with Crippen LogP contribution in [0.15, 0.2) is 0 Å². The van der Waals surface area contributed by atoms with Gasteiger partial charge in [0.25, 0.3) is 0 Å². The molecule has 0 atom stereocenters. The number of nitrogens with one attached hydrogen (secondary N) is 1. The third-order valence-electron chi connectivity index (χ3n) is 2.39. The number of aromatic amines is 1. The Morgan fingerprint density at radius 2 is 2.25 bits per heavy atom. The number of aryl methyl sites for hydroxylation is 1. The van der Waals surface area contributed by atoms with Crippen molar-refractivity contribution in [2.24, 2.45) is 0 Å². The van der Waals surface area contributed by atoms with Crippen LogP contribution in [0.5, 0.6) is 0 Å². The summed E-state index contributed by atoms with van der Waals surface area (Å²) in [6, 6.07) is 0. The normalized spacial score (nSPS) is 10.4. The van der Waals surface area contributed by atoms with Gasteiger partial charge < -0.3 is 4.74 Å². The first kappa shape index (κ1) is 13.0. The lowest BCUT2D eigenvalue weighted by Crippen LogP contribution is -2.06. The third-order valence-corrected chi connectivity index (χ3v) is 2.66. The number of alkyl halides is 1. The van der Waals surface area contributed by atoms with Crippen LogP contribution in [-0.2, 0) is 11.2 Å². The fourth-order valence-electron chi connectivity index (χ4n) is 1.47. The molecule has 0 unspecified atom stereocenters. The molecule has 0 amide bonds. The molecule has 0 saturated heterocycles. The van der Waals surface area contributed by atoms with Crippen molar-refractivity contribution in [3.8, 4) is 0 Å². The first-order valence-corrected chi connectivity index (χ1v) is 6.01. The zero-order chi connectivity index (χ0) is 12.0. The van der Waals surface area contributed by atoms with Gasteiger partial charge in [-0.1, -0.05) is 0 Å². The van der Waals surface area contributed by atoms with Crippen LogP contribution in [0, 0.1) is 6.92 Å². The van der Waals surface area contributed by atoms with E-state index in [2.05, 4.69) is 10.2 Å². The number of halogens is 1. The number of hydrogen-bond acceptors (Lipinski definition) is 3. The summed E-state index contributed by atoms with van der Waals surface area (Å²) < 4.78 is 4.91. The SMILES string of the molecule is CCOC(=O)c1n[nH]c(CCCCCl)c1C. The predicted octanol–water partition coefficient (Wildman–Crippen LogP) is 2.46. The molecule has 1 heterocycles. The van der Waals surface area contributed by atoms with Crippen LogP contribution in [-0.4, -0.2) is 28.7 Å². The molecule has 0 aliphatic rings. The van der Waals surface area contributed by atoms with Crippen LogP contribution in [0.4, 0.5) is 0 Å². The molecule has 1 rings (SSSR count). The van der Waals surface area contributed by atoms with Gasteiger partial charge in [0.1, 0.15) is 0 Å². The van der Waals surface area contributed by atoms with Crippen molar-refractivity contribution < 1.29 is 9.53 Å². The second-order valence-electron chi connectivity index (χ2n) is 3.54. The molecule has 0 saturated carbocycles. The average Bonchev–Trinajstić information content (AvgIpc) is 2.61. The lowest BCUT2D eigenvalue weighted by molar-refractivity contribution is 0.0518. The monoisotopic (exact) mass is 244 g/mol. The van der Waals surface area contributed by atoms with E-state index in [1.54, 1.807) is 6.92 Å². The molecule has 5 heteroatoms. The highest BCUT2D eigenvalue weighted by atomic mass is 35.5. The molecule has 90 valence electrons. The van der Waals surface area contributed by atoms with Crippen molar-refractivity contribution in [2.45, 2.75) is 33.1 Å². The third kappa shape index (κ3) is 3.23. The fourth-order valence-corrected chi connectivity index (χ4v) is 1.66. The van der Waals surface area contributed by atoms with E-state index in [4.69, 9.17) is 16.3 Å². The summed E-state index contributed by atoms with van der Waals surface area (Å²) in [5, 5.41) is 6.86. The molecule has 1 N–H and O–H groups in total. The summed E-state index contributed by atoms with van der Waals surface area (Å²) in [6.07, 6.45) is 2.83. The van der Waals surface area contributed by atoms with Crippen LogP contribution in [0.3, 0.4) is 0 Å². The second-order valence-corrected chi connectivity index (χ2v) is 3.92. The Hall–Kier alpha value is -1.03. The van der Waals surface area contributed by atoms with Gasteiger partial charge in [-0.05, 0) is 33.1 Å². The molecule has 0 aliphatic carbocycles. The summed E-state index contributed by atoms with van der Waals surface area (Å²) in [7, 11) is 0. The lowest BCUT2D eigenvalue weighted by atomic mass is 10.1. The Balaban J connectivity index is 2.64. The number of unbranched alkanes of at least 4 members (excludes halogenated alkanes) is 1. The molecular weight excluding hydrogens is 228 g/mol. The molecule has 0 radical (unpaired) electrons. The Bertz CT molecular complexity index is 350. The van der Waals surface area contributed by atoms with Crippen molar-refractivity contribution in [1.29, 1.82) is 0 Å². The van der Waals surface area contributed by atoms with E-state index in [-0.39, 0.29) is 5.97 Å². The topological polar surface area (TPSA) is 55.0 Å². The van der Waals surface area contributed by atoms with Gasteiger partial charge in [-0.3, -0.25) is 5.10 Å². The summed E-state index contributed by atoms with van der Waals surface area (Å²) >= 11 is 5.60. The van der Waals surface area contributed by atoms with E-state index >= 15 is 0 Å². The molecular formula is C11H17ClN2O2. The zero-order valence-corrected chi connectivity index (χ0v) is 10.4. The largest absolute Gasteiger partial charge is 0.461 e. The molecule has 4 nitrogen and oxygen atoms in total. The van der Waals surface area contributed by atoms with Crippen LogP contribution in [0.2, 0.25) is 0 Å². The highest BCUT2D eigenvalue weighted by Crippen LogP contribution is 2.13. The highest BCUT2D eigenvalue weighted by Gasteiger charge is 2.16. The molecule has 0 bridgehead atoms. The fraction of sp³-hybridized carbons (Fsp3) is 0.636. The van der Waals surface area contributed by atoms with Crippen molar-refractivity contribution in [2.75, 3.05) is 12.5 Å². The maximum atomic E-state index is 11.5. The number of carbonyl (C=O) groups excluding carboxylic acids is 1. The molecule has 1 aromatic heterocycles. The minimum atomic E-state index is -0.361. The second kappa shape index (κ2) is 6.53. The molecule has 1 aromatic rings. The number of aromatic nitrogens is 2. The molecule has 0 spiro atoms. The number of esters is 1. The Morgan fingerprint density at radius 1 is 1.50 bits per heavy atom. The van der Waals surface area contributed by atoms with Gasteiger partial charge in [0.15, 0.2) is 5.69 Å². The quantitative estimate of drug-likeness (QED) is 0.475. The first-order valence-electron chi connectivity index (χ1n) is 5.47. The van der Waals surface area contributed by atoms with E-state index in [0.717, 1.165) is 30.5 Å². The Kier molecular flexibility index (Phi) is 5.32. The summed E-state index contributed by atoms with van der Waals surface area (Å²) in [6.45, 7) is 4.03. The van der Waals surface area contributed by atoms with Crippen molar-refractivity contribution in [3.05, 3.63) is 17.0 Å². The van der Waals surface area contributed by atoms with Gasteiger partial charge in [-0.15, -0.1) is 11.6 Å². The molecule has 0 aromatic carbocycles. The molecule has 0 fully saturated rings. The number of nitrogens with zero attached hydrogens (tertiary/aromatic N) is 1. The van der Waals surface area contributed by atoms with Gasteiger partial charge in [-0.25, -0.2) is 4.79 Å². The summed E-state index contributed by atoms with van der Waals surface area (Å²) in [4.78, 5) is 11.5. The van der Waals surface area contributed by atoms with E-state index < -0.39 is 0 Å². The van der Waals surface area contributed by atoms with Gasteiger partial charge in [-0.2, -0.15) is 5.10 Å². The average molecular weight is 245 g/mol. The van der Waals surface area contributed by atoms with Crippen molar-refractivity contribution in [3.63, 3.8) is 0 Å². The van der Waals surface area contributed by atoms with E-state index in [1.165, 1.54) is 0 Å². The van der Waals surface area contributed by atoms with Crippen LogP contribution >= 0.6 is 11.6 Å². The first-order chi connectivity index (χ1) is 7.70. The standard InChI is InChI=1S/C11H17ClN2O2/c1-3-16-11(15)10-8(2)9(13-14-10)6-4-5-7-12/h3-7H2,1-2H3,(H,13,14). The number of ether oxygens (including phenoxy) is 1. The van der Waals surface area contributed by atoms with E-state index in [9.17, 15) is 4.79 Å². The predicted molar refractivity (Wildman–Crippen MR) is 62.9 cm³/mol. The summed E-state index contributed by atoms with van der Waals surface area (Å²) in [5.41, 5.74) is 2.27. The van der Waals surface area contributed by atoms with E-state index in [1.807, 2.05) is 6.92 Å². The Labute approximate surface area is 100 Å². The van der Waals surface area contributed by atoms with Crippen LogP contribution in [0.1, 0.15) is 41.5 Å². The number of rotatable bonds is 6. The maximum absolute atomic E-state index is 11.5. The van der Waals surface area contributed by atoms with Crippen molar-refractivity contribution in [1.82, 2.24) is 10.2 Å². The minimum absolute atomic E-state index is 0.361. The van der Waals surface area contributed by atoms with Gasteiger partial charge in [0.05, 0.1) is 6.61 Å². The molecule has 0 aliphatic heterocycles. The number of hydrogen-bond donors (Lipinski definition) is 1. The Morgan fingerprint density at radius 3 is 2.88 bits per heavy atom. The maximum Gasteiger partial charge on any atom is 0.359 e. The van der Waals surface area contributed by atoms with Gasteiger partial charge in [0.2, 0.25) is 0 Å². The van der Waals surface area contributed by atoms with Crippen molar-refractivity contribution >= 4 is 17.6 Å². The van der Waals surface area contributed by atoms with Crippen LogP contribution in [0.25, 0.3) is 0 Å². The van der Waals surface area contributed by atoms with Gasteiger partial charge in [0, 0.05) is 17.1 Å². The van der Waals surface area contributed by atoms with Gasteiger partial charge >= 0.3 is 5.97 Å². The molecule has 16 heavy (non-hydrogen) atoms. The zero-order valence-electron chi connectivity index (χ0n) is 9.68. The number of H-pyrrole nitrogens is 1. The summed E-state index contributed by atoms with van der Waals surface area (Å²) in [5.74, 6) is 0.303. The highest BCUT2D eigenvalue weighted by molar-refractivity contribution is 6.17. The smallest absolute Gasteiger partial charge is 0.359 e. The van der Waals surface area contributed by atoms with E-state index in [0.29, 0.717) is 18.2 Å². The minimum Gasteiger partial charge on any atom is -0.461 e.